The van der Waals surface area contributed by atoms with Crippen molar-refractivity contribution in [3.63, 3.8) is 0 Å². The normalized spacial score (nSPS) is 47.4. The van der Waals surface area contributed by atoms with E-state index < -0.39 is 46.3 Å². The lowest BCUT2D eigenvalue weighted by Crippen LogP contribution is -2.60. The van der Waals surface area contributed by atoms with Crippen LogP contribution in [0.1, 0.15) is 0 Å². The highest BCUT2D eigenvalue weighted by molar-refractivity contribution is 7.80. The van der Waals surface area contributed by atoms with Gasteiger partial charge in [0.1, 0.15) is 6.10 Å². The SMILES string of the molecule is O=C(O)[C@@H]1O[C@@H](O)[C@@]2(OS(=O)(=O)O)N[C@]2(O)[C@H]1O. The van der Waals surface area contributed by atoms with Crippen LogP contribution in [0, 0.1) is 0 Å². The highest BCUT2D eigenvalue weighted by atomic mass is 32.3. The maximum absolute atomic E-state index is 10.7. The molecule has 0 bridgehead atoms. The Morgan fingerprint density at radius 2 is 1.94 bits per heavy atom. The Hall–Kier alpha value is -0.860. The van der Waals surface area contributed by atoms with E-state index in [1.807, 2.05) is 5.32 Å². The van der Waals surface area contributed by atoms with Gasteiger partial charge in [0.2, 0.25) is 12.0 Å². The molecule has 0 spiro atoms. The van der Waals surface area contributed by atoms with Crippen molar-refractivity contribution in [3.05, 3.63) is 0 Å². The predicted octanol–water partition coefficient (Wildman–Crippen LogP) is -4.04. The minimum absolute atomic E-state index is 1.69. The van der Waals surface area contributed by atoms with Crippen molar-refractivity contribution in [2.75, 3.05) is 0 Å². The zero-order valence-corrected chi connectivity index (χ0v) is 9.23. The van der Waals surface area contributed by atoms with E-state index in [4.69, 9.17) is 9.66 Å². The van der Waals surface area contributed by atoms with Gasteiger partial charge in [-0.3, -0.25) is 4.55 Å². The van der Waals surface area contributed by atoms with Crippen LogP contribution in [0.3, 0.4) is 0 Å². The van der Waals surface area contributed by atoms with Gasteiger partial charge >= 0.3 is 16.4 Å². The van der Waals surface area contributed by atoms with Crippen LogP contribution in [0.2, 0.25) is 0 Å². The standard InChI is InChI=1S/C6H9NO10S/c8-2-1(3(9)10)16-4(11)6(5(2,12)7-6)17-18(13,14)15/h1-2,4,7-8,11-12H,(H,9,10)(H,13,14,15)/t1-,2+,4-,5+,6+/m1/s1. The Morgan fingerprint density at radius 1 is 1.39 bits per heavy atom. The number of nitrogens with one attached hydrogen (secondary N) is 1. The summed E-state index contributed by atoms with van der Waals surface area (Å²) < 4.78 is 38.0. The summed E-state index contributed by atoms with van der Waals surface area (Å²) in [6, 6.07) is 0. The Morgan fingerprint density at radius 3 is 2.39 bits per heavy atom. The highest BCUT2D eigenvalue weighted by Crippen LogP contribution is 2.49. The summed E-state index contributed by atoms with van der Waals surface area (Å²) in [6.45, 7) is 0. The molecule has 0 aromatic carbocycles. The van der Waals surface area contributed by atoms with E-state index in [0.717, 1.165) is 0 Å². The van der Waals surface area contributed by atoms with Crippen molar-refractivity contribution < 1.29 is 47.1 Å². The van der Waals surface area contributed by atoms with E-state index in [1.165, 1.54) is 0 Å². The monoisotopic (exact) mass is 287 g/mol. The molecule has 2 aliphatic rings. The van der Waals surface area contributed by atoms with Crippen molar-refractivity contribution in [3.8, 4) is 0 Å². The van der Waals surface area contributed by atoms with Gasteiger partial charge in [0.05, 0.1) is 0 Å². The first-order valence-corrected chi connectivity index (χ1v) is 5.84. The van der Waals surface area contributed by atoms with Gasteiger partial charge in [-0.15, -0.1) is 0 Å². The lowest BCUT2D eigenvalue weighted by molar-refractivity contribution is -0.274. The van der Waals surface area contributed by atoms with E-state index in [2.05, 4.69) is 8.92 Å². The number of carboxylic acid groups (broad SMARTS) is 1. The average Bonchev–Trinajstić information content (AvgIpc) is 2.78. The predicted molar refractivity (Wildman–Crippen MR) is 48.0 cm³/mol. The van der Waals surface area contributed by atoms with Crippen LogP contribution in [0.4, 0.5) is 0 Å². The Kier molecular flexibility index (Phi) is 2.70. The Balaban J connectivity index is 2.32. The minimum atomic E-state index is -5.09. The lowest BCUT2D eigenvalue weighted by Gasteiger charge is -2.34. The molecule has 0 radical (unpaired) electrons. The number of aliphatic hydroxyl groups is 3. The van der Waals surface area contributed by atoms with E-state index in [-0.39, 0.29) is 0 Å². The number of aliphatic hydroxyl groups excluding tert-OH is 2. The molecule has 12 heteroatoms. The molecular formula is C6H9NO10S. The van der Waals surface area contributed by atoms with Crippen molar-refractivity contribution in [2.45, 2.75) is 29.9 Å². The molecule has 0 aromatic heterocycles. The number of fused-ring (bicyclic) bond motifs is 1. The molecular weight excluding hydrogens is 278 g/mol. The number of hydrogen-bond donors (Lipinski definition) is 6. The summed E-state index contributed by atoms with van der Waals surface area (Å²) in [5.74, 6) is -1.69. The molecule has 0 unspecified atom stereocenters. The second kappa shape index (κ2) is 3.58. The summed E-state index contributed by atoms with van der Waals surface area (Å²) in [6.07, 6.45) is -6.37. The first kappa shape index (κ1) is 13.6. The minimum Gasteiger partial charge on any atom is -0.479 e. The molecule has 5 atom stereocenters. The van der Waals surface area contributed by atoms with Crippen LogP contribution in [-0.2, 0) is 24.1 Å². The highest BCUT2D eigenvalue weighted by Gasteiger charge is 2.83. The number of ether oxygens (including phenoxy) is 1. The van der Waals surface area contributed by atoms with Crippen LogP contribution in [-0.4, -0.2) is 69.3 Å². The Labute approximate surface area is 99.5 Å². The fourth-order valence-corrected chi connectivity index (χ4v) is 2.39. The summed E-state index contributed by atoms with van der Waals surface area (Å²) in [7, 11) is -5.09. The quantitative estimate of drug-likeness (QED) is 0.218. The molecule has 0 amide bonds. The molecule has 0 saturated carbocycles. The first-order valence-electron chi connectivity index (χ1n) is 4.48. The molecule has 0 aromatic rings. The van der Waals surface area contributed by atoms with Crippen LogP contribution in [0.25, 0.3) is 0 Å². The second-order valence-corrected chi connectivity index (χ2v) is 4.85. The number of aliphatic carboxylic acids is 1. The van der Waals surface area contributed by atoms with Gasteiger partial charge in [-0.25, -0.2) is 14.3 Å². The van der Waals surface area contributed by atoms with Gasteiger partial charge in [-0.1, -0.05) is 0 Å². The number of carboxylic acids is 1. The maximum Gasteiger partial charge on any atom is 0.399 e. The van der Waals surface area contributed by atoms with Crippen LogP contribution in [0.5, 0.6) is 0 Å². The lowest BCUT2D eigenvalue weighted by atomic mass is 9.99. The van der Waals surface area contributed by atoms with Gasteiger partial charge in [0.25, 0.3) is 0 Å². The van der Waals surface area contributed by atoms with Crippen molar-refractivity contribution in [1.29, 1.82) is 0 Å². The van der Waals surface area contributed by atoms with Gasteiger partial charge in [0, 0.05) is 0 Å². The third kappa shape index (κ3) is 1.70. The van der Waals surface area contributed by atoms with Gasteiger partial charge in [-0.2, -0.15) is 8.42 Å². The first-order chi connectivity index (χ1) is 8.03. The molecule has 2 heterocycles. The van der Waals surface area contributed by atoms with Gasteiger partial charge in [-0.05, 0) is 0 Å². The summed E-state index contributed by atoms with van der Waals surface area (Å²) in [5, 5.41) is 39.2. The molecule has 18 heavy (non-hydrogen) atoms. The molecule has 2 rings (SSSR count). The van der Waals surface area contributed by atoms with Crippen LogP contribution >= 0.6 is 0 Å². The van der Waals surface area contributed by atoms with Crippen molar-refractivity contribution >= 4 is 16.4 Å². The van der Waals surface area contributed by atoms with Gasteiger partial charge < -0.3 is 25.2 Å². The largest absolute Gasteiger partial charge is 0.479 e. The van der Waals surface area contributed by atoms with Crippen LogP contribution in [0.15, 0.2) is 0 Å². The average molecular weight is 287 g/mol. The zero-order valence-electron chi connectivity index (χ0n) is 8.42. The Bertz CT molecular complexity index is 491. The van der Waals surface area contributed by atoms with E-state index in [1.54, 1.807) is 0 Å². The molecule has 6 N–H and O–H groups in total. The van der Waals surface area contributed by atoms with E-state index in [0.29, 0.717) is 0 Å². The smallest absolute Gasteiger partial charge is 0.399 e. The maximum atomic E-state index is 10.7. The zero-order chi connectivity index (χ0) is 13.9. The summed E-state index contributed by atoms with van der Waals surface area (Å²) >= 11 is 0. The molecule has 11 nitrogen and oxygen atoms in total. The summed E-state index contributed by atoms with van der Waals surface area (Å²) in [5.41, 5.74) is -5.13. The molecule has 2 aliphatic heterocycles. The third-order valence-corrected chi connectivity index (χ3v) is 3.17. The fourth-order valence-electron chi connectivity index (χ4n) is 1.81. The third-order valence-electron chi connectivity index (χ3n) is 2.70. The van der Waals surface area contributed by atoms with Crippen molar-refractivity contribution in [2.24, 2.45) is 0 Å². The van der Waals surface area contributed by atoms with Gasteiger partial charge in [0.15, 0.2) is 11.8 Å². The second-order valence-electron chi connectivity index (χ2n) is 3.83. The number of hydrogen-bond acceptors (Lipinski definition) is 9. The van der Waals surface area contributed by atoms with E-state index in [9.17, 15) is 28.5 Å². The molecule has 0 aliphatic carbocycles. The van der Waals surface area contributed by atoms with Crippen molar-refractivity contribution in [1.82, 2.24) is 5.32 Å². The number of rotatable bonds is 3. The molecule has 2 fully saturated rings. The fraction of sp³-hybridized carbons (Fsp3) is 0.833. The van der Waals surface area contributed by atoms with E-state index >= 15 is 0 Å². The molecule has 104 valence electrons. The molecule has 2 saturated heterocycles. The topological polar surface area (TPSA) is 193 Å². The van der Waals surface area contributed by atoms with Crippen LogP contribution < -0.4 is 5.32 Å². The number of carbonyl (C=O) groups is 1. The summed E-state index contributed by atoms with van der Waals surface area (Å²) in [4.78, 5) is 10.7.